The minimum Gasteiger partial charge on any atom is -0.378 e. The average molecular weight is 388 g/mol. The molecule has 6 heteroatoms. The summed E-state index contributed by atoms with van der Waals surface area (Å²) < 4.78 is 5.33. The monoisotopic (exact) mass is 387 g/mol. The van der Waals surface area contributed by atoms with Crippen molar-refractivity contribution in [2.45, 2.75) is 52.5 Å². The van der Waals surface area contributed by atoms with E-state index in [4.69, 9.17) is 4.74 Å². The molecule has 1 aliphatic carbocycles. The largest absolute Gasteiger partial charge is 0.378 e. The van der Waals surface area contributed by atoms with Crippen LogP contribution in [0, 0.1) is 11.3 Å². The molecule has 0 spiro atoms. The first-order valence-corrected chi connectivity index (χ1v) is 10.4. The summed E-state index contributed by atoms with van der Waals surface area (Å²) in [6.07, 6.45) is 4.51. The molecule has 2 fully saturated rings. The molecule has 1 aromatic carbocycles. The number of para-hydroxylation sites is 1. The van der Waals surface area contributed by atoms with Gasteiger partial charge in [-0.25, -0.2) is 4.79 Å². The second-order valence-corrected chi connectivity index (χ2v) is 8.91. The smallest absolute Gasteiger partial charge is 0.319 e. The van der Waals surface area contributed by atoms with Crippen molar-refractivity contribution >= 4 is 17.6 Å². The summed E-state index contributed by atoms with van der Waals surface area (Å²) >= 11 is 0. The van der Waals surface area contributed by atoms with Crippen LogP contribution in [0.2, 0.25) is 0 Å². The van der Waals surface area contributed by atoms with Gasteiger partial charge in [0.15, 0.2) is 0 Å². The van der Waals surface area contributed by atoms with Crippen LogP contribution in [0.3, 0.4) is 0 Å². The van der Waals surface area contributed by atoms with Crippen molar-refractivity contribution < 1.29 is 14.3 Å². The molecule has 1 aromatic rings. The minimum atomic E-state index is -0.233. The van der Waals surface area contributed by atoms with Crippen LogP contribution in [0.1, 0.15) is 56.8 Å². The van der Waals surface area contributed by atoms with E-state index in [9.17, 15) is 9.59 Å². The van der Waals surface area contributed by atoms with Crippen molar-refractivity contribution in [2.24, 2.45) is 11.3 Å². The normalized spacial score (nSPS) is 23.2. The number of nitrogens with zero attached hydrogens (tertiary/aromatic N) is 1. The summed E-state index contributed by atoms with van der Waals surface area (Å²) in [5, 5.41) is 6.10. The Morgan fingerprint density at radius 2 is 1.75 bits per heavy atom. The number of morpholine rings is 1. The van der Waals surface area contributed by atoms with E-state index >= 15 is 0 Å². The molecule has 0 aromatic heterocycles. The standard InChI is InChI=1S/C22H33N3O3/c1-22(2,3)17-9-5-7-11-19(17)24-21(27)23-18-10-6-4-8-16(18)20(26)25-12-14-28-15-13-25/h4,6,8,10,17,19H,5,7,9,11-15H2,1-3H3,(H2,23,24,27)/t17-,19-/m1/s1. The quantitative estimate of drug-likeness (QED) is 0.827. The van der Waals surface area contributed by atoms with Gasteiger partial charge in [0, 0.05) is 19.1 Å². The maximum absolute atomic E-state index is 12.9. The number of urea groups is 1. The highest BCUT2D eigenvalue weighted by Gasteiger charge is 2.35. The molecular formula is C22H33N3O3. The fourth-order valence-electron chi connectivity index (χ4n) is 4.38. The Balaban J connectivity index is 1.68. The number of ether oxygens (including phenoxy) is 1. The molecule has 1 aliphatic heterocycles. The van der Waals surface area contributed by atoms with Gasteiger partial charge in [-0.1, -0.05) is 45.7 Å². The topological polar surface area (TPSA) is 70.7 Å². The molecule has 3 rings (SSSR count). The summed E-state index contributed by atoms with van der Waals surface area (Å²) in [4.78, 5) is 27.4. The maximum Gasteiger partial charge on any atom is 0.319 e. The Labute approximate surface area is 168 Å². The van der Waals surface area contributed by atoms with Crippen molar-refractivity contribution in [2.75, 3.05) is 31.6 Å². The molecule has 28 heavy (non-hydrogen) atoms. The van der Waals surface area contributed by atoms with E-state index in [2.05, 4.69) is 31.4 Å². The summed E-state index contributed by atoms with van der Waals surface area (Å²) in [5.41, 5.74) is 1.23. The van der Waals surface area contributed by atoms with E-state index in [0.29, 0.717) is 43.5 Å². The van der Waals surface area contributed by atoms with Crippen molar-refractivity contribution in [1.29, 1.82) is 0 Å². The van der Waals surface area contributed by atoms with E-state index in [-0.39, 0.29) is 23.4 Å². The summed E-state index contributed by atoms with van der Waals surface area (Å²) in [6.45, 7) is 8.99. The molecule has 6 nitrogen and oxygen atoms in total. The molecule has 154 valence electrons. The molecule has 1 heterocycles. The van der Waals surface area contributed by atoms with E-state index < -0.39 is 0 Å². The lowest BCUT2D eigenvalue weighted by molar-refractivity contribution is 0.0303. The van der Waals surface area contributed by atoms with Gasteiger partial charge in [-0.15, -0.1) is 0 Å². The number of carbonyl (C=O) groups is 2. The number of nitrogens with one attached hydrogen (secondary N) is 2. The molecule has 1 saturated carbocycles. The van der Waals surface area contributed by atoms with Crippen LogP contribution < -0.4 is 10.6 Å². The molecule has 0 radical (unpaired) electrons. The minimum absolute atomic E-state index is 0.0653. The van der Waals surface area contributed by atoms with Gasteiger partial charge in [0.25, 0.3) is 5.91 Å². The summed E-state index contributed by atoms with van der Waals surface area (Å²) in [5.74, 6) is 0.390. The Hall–Kier alpha value is -2.08. The van der Waals surface area contributed by atoms with Crippen LogP contribution in [0.15, 0.2) is 24.3 Å². The van der Waals surface area contributed by atoms with Gasteiger partial charge >= 0.3 is 6.03 Å². The lowest BCUT2D eigenvalue weighted by Crippen LogP contribution is -2.48. The third-order valence-electron chi connectivity index (χ3n) is 5.90. The fourth-order valence-corrected chi connectivity index (χ4v) is 4.38. The highest BCUT2D eigenvalue weighted by atomic mass is 16.5. The molecule has 2 N–H and O–H groups in total. The molecule has 0 unspecified atom stereocenters. The first-order chi connectivity index (χ1) is 13.4. The molecular weight excluding hydrogens is 354 g/mol. The zero-order valence-corrected chi connectivity index (χ0v) is 17.3. The van der Waals surface area contributed by atoms with E-state index in [1.54, 1.807) is 17.0 Å². The van der Waals surface area contributed by atoms with Gasteiger partial charge in [0.2, 0.25) is 0 Å². The first kappa shape index (κ1) is 20.6. The molecule has 2 aliphatic rings. The SMILES string of the molecule is CC(C)(C)[C@@H]1CCCC[C@H]1NC(=O)Nc1ccccc1C(=O)N1CCOCC1. The summed E-state index contributed by atoms with van der Waals surface area (Å²) in [7, 11) is 0. The predicted octanol–water partition coefficient (Wildman–Crippen LogP) is 3.89. The maximum atomic E-state index is 12.9. The van der Waals surface area contributed by atoms with E-state index in [1.165, 1.54) is 6.42 Å². The number of rotatable bonds is 3. The highest BCUT2D eigenvalue weighted by Crippen LogP contribution is 2.38. The Morgan fingerprint density at radius 1 is 1.07 bits per heavy atom. The lowest BCUT2D eigenvalue weighted by Gasteiger charge is -2.40. The molecule has 1 saturated heterocycles. The number of hydrogen-bond donors (Lipinski definition) is 2. The van der Waals surface area contributed by atoms with E-state index in [1.807, 2.05) is 12.1 Å². The van der Waals surface area contributed by atoms with Gasteiger partial charge in [-0.05, 0) is 36.3 Å². The van der Waals surface area contributed by atoms with E-state index in [0.717, 1.165) is 19.3 Å². The second kappa shape index (κ2) is 8.95. The van der Waals surface area contributed by atoms with Crippen LogP contribution in [-0.2, 0) is 4.74 Å². The van der Waals surface area contributed by atoms with Gasteiger partial charge in [0.1, 0.15) is 0 Å². The third-order valence-corrected chi connectivity index (χ3v) is 5.90. The van der Waals surface area contributed by atoms with Crippen LogP contribution in [-0.4, -0.2) is 49.2 Å². The predicted molar refractivity (Wildman–Crippen MR) is 111 cm³/mol. The Bertz CT molecular complexity index is 693. The van der Waals surface area contributed by atoms with Crippen molar-refractivity contribution in [1.82, 2.24) is 10.2 Å². The number of anilines is 1. The van der Waals surface area contributed by atoms with Crippen molar-refractivity contribution in [3.05, 3.63) is 29.8 Å². The molecule has 2 atom stereocenters. The average Bonchev–Trinajstić information content (AvgIpc) is 2.68. The van der Waals surface area contributed by atoms with Crippen molar-refractivity contribution in [3.8, 4) is 0 Å². The van der Waals surface area contributed by atoms with Gasteiger partial charge in [-0.2, -0.15) is 0 Å². The van der Waals surface area contributed by atoms with Gasteiger partial charge in [0.05, 0.1) is 24.5 Å². The van der Waals surface area contributed by atoms with Crippen LogP contribution >= 0.6 is 0 Å². The van der Waals surface area contributed by atoms with Crippen molar-refractivity contribution in [3.63, 3.8) is 0 Å². The van der Waals surface area contributed by atoms with Crippen LogP contribution in [0.4, 0.5) is 10.5 Å². The number of benzene rings is 1. The zero-order chi connectivity index (χ0) is 20.1. The van der Waals surface area contributed by atoms with Crippen LogP contribution in [0.5, 0.6) is 0 Å². The second-order valence-electron chi connectivity index (χ2n) is 8.91. The number of carbonyl (C=O) groups excluding carboxylic acids is 2. The number of hydrogen-bond acceptors (Lipinski definition) is 3. The number of amides is 3. The summed E-state index contributed by atoms with van der Waals surface area (Å²) in [6, 6.07) is 7.15. The van der Waals surface area contributed by atoms with Crippen LogP contribution in [0.25, 0.3) is 0 Å². The Morgan fingerprint density at radius 3 is 2.46 bits per heavy atom. The molecule has 3 amide bonds. The third kappa shape index (κ3) is 5.04. The first-order valence-electron chi connectivity index (χ1n) is 10.4. The highest BCUT2D eigenvalue weighted by molar-refractivity contribution is 6.03. The zero-order valence-electron chi connectivity index (χ0n) is 17.3. The Kier molecular flexibility index (Phi) is 6.60. The fraction of sp³-hybridized carbons (Fsp3) is 0.636. The van der Waals surface area contributed by atoms with Gasteiger partial charge < -0.3 is 20.3 Å². The molecule has 0 bridgehead atoms. The lowest BCUT2D eigenvalue weighted by atomic mass is 9.69. The van der Waals surface area contributed by atoms with Gasteiger partial charge in [-0.3, -0.25) is 4.79 Å².